The minimum absolute atomic E-state index is 0. The molecule has 0 saturated carbocycles. The summed E-state index contributed by atoms with van der Waals surface area (Å²) in [6, 6.07) is 8.19. The quantitative estimate of drug-likeness (QED) is 0.287. The third kappa shape index (κ3) is 8.76. The lowest BCUT2D eigenvalue weighted by molar-refractivity contribution is 0.152. The molecule has 1 aromatic rings. The Kier molecular flexibility index (Phi) is 12.2. The van der Waals surface area contributed by atoms with E-state index < -0.39 is 0 Å². The van der Waals surface area contributed by atoms with Crippen molar-refractivity contribution >= 4 is 45.9 Å². The first-order valence-electron chi connectivity index (χ1n) is 6.60. The second kappa shape index (κ2) is 12.4. The maximum absolute atomic E-state index is 5.29. The molecule has 4 nitrogen and oxygen atoms in total. The zero-order valence-corrected chi connectivity index (χ0v) is 15.9. The van der Waals surface area contributed by atoms with Crippen LogP contribution in [-0.4, -0.2) is 32.3 Å². The van der Waals surface area contributed by atoms with Gasteiger partial charge in [-0.3, -0.25) is 0 Å². The molecule has 0 unspecified atom stereocenters. The first kappa shape index (κ1) is 19.7. The Morgan fingerprint density at radius 1 is 1.20 bits per heavy atom. The molecule has 0 spiro atoms. The van der Waals surface area contributed by atoms with Crippen molar-refractivity contribution in [3.05, 3.63) is 34.3 Å². The van der Waals surface area contributed by atoms with Gasteiger partial charge in [-0.25, -0.2) is 4.99 Å². The van der Waals surface area contributed by atoms with Crippen LogP contribution in [0.5, 0.6) is 0 Å². The molecule has 2 N–H and O–H groups in total. The summed E-state index contributed by atoms with van der Waals surface area (Å²) >= 11 is 3.42. The monoisotopic (exact) mass is 455 g/mol. The molecule has 0 aromatic heterocycles. The van der Waals surface area contributed by atoms with Crippen LogP contribution in [0.3, 0.4) is 0 Å². The van der Waals surface area contributed by atoms with Crippen LogP contribution in [0.2, 0.25) is 0 Å². The fourth-order valence-corrected chi connectivity index (χ4v) is 1.75. The second-order valence-corrected chi connectivity index (χ2v) is 4.86. The molecular formula is C14H23BrIN3O. The molecule has 0 amide bonds. The summed E-state index contributed by atoms with van der Waals surface area (Å²) in [7, 11) is 0. The molecule has 0 aliphatic heterocycles. The van der Waals surface area contributed by atoms with E-state index in [0.717, 1.165) is 30.1 Å². The minimum Gasteiger partial charge on any atom is -0.380 e. The van der Waals surface area contributed by atoms with Gasteiger partial charge in [0.05, 0.1) is 13.2 Å². The average Bonchev–Trinajstić information content (AvgIpc) is 2.42. The number of hydrogen-bond acceptors (Lipinski definition) is 2. The summed E-state index contributed by atoms with van der Waals surface area (Å²) in [5.41, 5.74) is 1.19. The number of nitrogens with one attached hydrogen (secondary N) is 2. The van der Waals surface area contributed by atoms with Gasteiger partial charge in [-0.15, -0.1) is 24.0 Å². The Morgan fingerprint density at radius 2 is 1.90 bits per heavy atom. The van der Waals surface area contributed by atoms with Crippen LogP contribution in [0.15, 0.2) is 33.7 Å². The number of nitrogens with zero attached hydrogens (tertiary/aromatic N) is 1. The summed E-state index contributed by atoms with van der Waals surface area (Å²) in [4.78, 5) is 4.53. The smallest absolute Gasteiger partial charge is 0.191 e. The van der Waals surface area contributed by atoms with E-state index in [-0.39, 0.29) is 24.0 Å². The highest BCUT2D eigenvalue weighted by Crippen LogP contribution is 2.10. The molecule has 1 aromatic carbocycles. The molecule has 0 aliphatic rings. The van der Waals surface area contributed by atoms with E-state index in [9.17, 15) is 0 Å². The molecule has 0 saturated heterocycles. The van der Waals surface area contributed by atoms with E-state index in [4.69, 9.17) is 4.74 Å². The number of hydrogen-bond donors (Lipinski definition) is 2. The fourth-order valence-electron chi connectivity index (χ4n) is 1.49. The van der Waals surface area contributed by atoms with Gasteiger partial charge in [0.2, 0.25) is 0 Å². The molecule has 20 heavy (non-hydrogen) atoms. The van der Waals surface area contributed by atoms with Gasteiger partial charge < -0.3 is 15.4 Å². The second-order valence-electron chi connectivity index (χ2n) is 3.95. The molecular weight excluding hydrogens is 433 g/mol. The Labute approximate surface area is 146 Å². The van der Waals surface area contributed by atoms with Crippen LogP contribution in [-0.2, 0) is 11.3 Å². The minimum atomic E-state index is 0. The van der Waals surface area contributed by atoms with Gasteiger partial charge in [0.15, 0.2) is 5.96 Å². The molecule has 0 fully saturated rings. The predicted octanol–water partition coefficient (Wildman–Crippen LogP) is 3.16. The number of rotatable bonds is 7. The third-order valence-electron chi connectivity index (χ3n) is 2.42. The van der Waals surface area contributed by atoms with E-state index in [0.29, 0.717) is 13.2 Å². The highest BCUT2D eigenvalue weighted by Gasteiger charge is 1.97. The van der Waals surface area contributed by atoms with Crippen LogP contribution in [0.1, 0.15) is 19.4 Å². The van der Waals surface area contributed by atoms with E-state index in [1.165, 1.54) is 5.56 Å². The van der Waals surface area contributed by atoms with Crippen molar-refractivity contribution in [3.63, 3.8) is 0 Å². The summed E-state index contributed by atoms with van der Waals surface area (Å²) in [5, 5.41) is 6.46. The van der Waals surface area contributed by atoms with Gasteiger partial charge in [-0.05, 0) is 31.5 Å². The Morgan fingerprint density at radius 3 is 2.50 bits per heavy atom. The van der Waals surface area contributed by atoms with Crippen LogP contribution >= 0.6 is 39.9 Å². The summed E-state index contributed by atoms with van der Waals surface area (Å²) in [6.07, 6.45) is 0. The van der Waals surface area contributed by atoms with E-state index in [2.05, 4.69) is 50.6 Å². The number of guanidine groups is 1. The summed E-state index contributed by atoms with van der Waals surface area (Å²) in [5.74, 6) is 0.824. The average molecular weight is 456 g/mol. The van der Waals surface area contributed by atoms with Crippen LogP contribution in [0.4, 0.5) is 0 Å². The van der Waals surface area contributed by atoms with Crippen molar-refractivity contribution in [1.82, 2.24) is 10.6 Å². The van der Waals surface area contributed by atoms with Gasteiger partial charge in [-0.1, -0.05) is 28.1 Å². The van der Waals surface area contributed by atoms with Crippen molar-refractivity contribution < 1.29 is 4.74 Å². The Balaban J connectivity index is 0.00000361. The van der Waals surface area contributed by atoms with Crippen molar-refractivity contribution in [2.75, 3.05) is 26.3 Å². The summed E-state index contributed by atoms with van der Waals surface area (Å²) in [6.45, 7) is 7.76. The number of ether oxygens (including phenoxy) is 1. The topological polar surface area (TPSA) is 45.7 Å². The zero-order chi connectivity index (χ0) is 13.9. The predicted molar refractivity (Wildman–Crippen MR) is 98.9 cm³/mol. The Hall–Kier alpha value is -0.340. The van der Waals surface area contributed by atoms with Gasteiger partial charge in [-0.2, -0.15) is 0 Å². The van der Waals surface area contributed by atoms with Gasteiger partial charge in [0, 0.05) is 24.2 Å². The molecule has 1 rings (SSSR count). The van der Waals surface area contributed by atoms with E-state index in [1.807, 2.05) is 19.1 Å². The molecule has 114 valence electrons. The molecule has 6 heteroatoms. The van der Waals surface area contributed by atoms with E-state index >= 15 is 0 Å². The molecule has 0 aliphatic carbocycles. The van der Waals surface area contributed by atoms with Gasteiger partial charge >= 0.3 is 0 Å². The normalized spacial score (nSPS) is 10.8. The highest BCUT2D eigenvalue weighted by molar-refractivity contribution is 14.0. The van der Waals surface area contributed by atoms with Gasteiger partial charge in [0.25, 0.3) is 0 Å². The van der Waals surface area contributed by atoms with Crippen molar-refractivity contribution in [1.29, 1.82) is 0 Å². The lowest BCUT2D eigenvalue weighted by Crippen LogP contribution is -2.39. The first-order valence-corrected chi connectivity index (χ1v) is 7.40. The van der Waals surface area contributed by atoms with E-state index in [1.54, 1.807) is 0 Å². The lowest BCUT2D eigenvalue weighted by atomic mass is 10.2. The largest absolute Gasteiger partial charge is 0.380 e. The maximum atomic E-state index is 5.29. The highest BCUT2D eigenvalue weighted by atomic mass is 127. The third-order valence-corrected chi connectivity index (χ3v) is 2.95. The number of aliphatic imine (C=N–C) groups is 1. The number of halogens is 2. The van der Waals surface area contributed by atoms with Gasteiger partial charge in [0.1, 0.15) is 0 Å². The molecule has 0 heterocycles. The van der Waals surface area contributed by atoms with Crippen LogP contribution < -0.4 is 10.6 Å². The molecule has 0 atom stereocenters. The Bertz CT molecular complexity index is 385. The standard InChI is InChI=1S/C14H22BrN3O.HI/c1-3-16-14(17-9-10-19-4-2)18-11-12-5-7-13(15)8-6-12;/h5-8H,3-4,9-11H2,1-2H3,(H2,16,17,18);1H. The first-order chi connectivity index (χ1) is 9.26. The van der Waals surface area contributed by atoms with Crippen molar-refractivity contribution in [3.8, 4) is 0 Å². The zero-order valence-electron chi connectivity index (χ0n) is 12.0. The van der Waals surface area contributed by atoms with Crippen LogP contribution in [0, 0.1) is 0 Å². The molecule has 0 radical (unpaired) electrons. The SMILES string of the molecule is CCNC(=NCc1ccc(Br)cc1)NCCOCC.I. The van der Waals surface area contributed by atoms with Crippen LogP contribution in [0.25, 0.3) is 0 Å². The lowest BCUT2D eigenvalue weighted by Gasteiger charge is -2.11. The summed E-state index contributed by atoms with van der Waals surface area (Å²) < 4.78 is 6.37. The number of benzene rings is 1. The molecule has 0 bridgehead atoms. The fraction of sp³-hybridized carbons (Fsp3) is 0.500. The van der Waals surface area contributed by atoms with Crippen molar-refractivity contribution in [2.45, 2.75) is 20.4 Å². The maximum Gasteiger partial charge on any atom is 0.191 e. The van der Waals surface area contributed by atoms with Crippen molar-refractivity contribution in [2.24, 2.45) is 4.99 Å².